The van der Waals surface area contributed by atoms with Gasteiger partial charge in [0.1, 0.15) is 0 Å². The van der Waals surface area contributed by atoms with E-state index in [9.17, 15) is 8.42 Å². The van der Waals surface area contributed by atoms with E-state index in [-0.39, 0.29) is 0 Å². The van der Waals surface area contributed by atoms with Gasteiger partial charge < -0.3 is 4.57 Å². The van der Waals surface area contributed by atoms with E-state index in [0.717, 1.165) is 26.8 Å². The molecule has 5 heteroatoms. The number of aryl methyl sites for hydroxylation is 1. The number of pyridine rings is 1. The molecule has 0 aliphatic carbocycles. The molecule has 122 valence electrons. The van der Waals surface area contributed by atoms with Crippen molar-refractivity contribution >= 4 is 22.1 Å². The molecule has 0 aliphatic rings. The van der Waals surface area contributed by atoms with Crippen LogP contribution < -0.4 is 0 Å². The lowest BCUT2D eigenvalue weighted by Gasteiger charge is -2.11. The van der Waals surface area contributed by atoms with Gasteiger partial charge in [-0.3, -0.25) is 0 Å². The summed E-state index contributed by atoms with van der Waals surface area (Å²) in [5.74, 6) is 0. The second kappa shape index (κ2) is 6.34. The van der Waals surface area contributed by atoms with Crippen molar-refractivity contribution in [3.05, 3.63) is 71.5 Å². The molecule has 0 N–H and O–H groups in total. The second-order valence-electron chi connectivity index (χ2n) is 5.74. The molecule has 1 aromatic heterocycles. The van der Waals surface area contributed by atoms with Crippen molar-refractivity contribution in [3.8, 4) is 22.3 Å². The Morgan fingerprint density at radius 1 is 0.833 bits per heavy atom. The van der Waals surface area contributed by atoms with Crippen LogP contribution in [0.2, 0.25) is 0 Å². The van der Waals surface area contributed by atoms with Crippen molar-refractivity contribution in [3.63, 3.8) is 0 Å². The zero-order chi connectivity index (χ0) is 17.3. The van der Waals surface area contributed by atoms with Crippen LogP contribution in [-0.4, -0.2) is 19.2 Å². The highest BCUT2D eigenvalue weighted by atomic mass is 32.2. The van der Waals surface area contributed by atoms with Crippen LogP contribution in [0.3, 0.4) is 0 Å². The SMILES string of the molecule is Cn1cc(-c2ccccc2)c(=S)c(-c2ccc(S(C)(=O)=O)cc2)c1. The van der Waals surface area contributed by atoms with Gasteiger partial charge in [0.15, 0.2) is 9.84 Å². The van der Waals surface area contributed by atoms with E-state index in [1.807, 2.05) is 54.3 Å². The number of rotatable bonds is 3. The number of benzene rings is 2. The average molecular weight is 355 g/mol. The van der Waals surface area contributed by atoms with Crippen LogP contribution in [-0.2, 0) is 16.9 Å². The maximum atomic E-state index is 11.6. The minimum Gasteiger partial charge on any atom is -0.356 e. The fourth-order valence-electron chi connectivity index (χ4n) is 2.62. The number of sulfone groups is 1. The van der Waals surface area contributed by atoms with Crippen LogP contribution in [0.25, 0.3) is 22.3 Å². The normalized spacial score (nSPS) is 11.4. The third-order valence-electron chi connectivity index (χ3n) is 3.83. The van der Waals surface area contributed by atoms with Crippen LogP contribution in [0.5, 0.6) is 0 Å². The van der Waals surface area contributed by atoms with Gasteiger partial charge in [0.05, 0.1) is 9.41 Å². The van der Waals surface area contributed by atoms with Crippen LogP contribution in [0.4, 0.5) is 0 Å². The molecule has 1 heterocycles. The van der Waals surface area contributed by atoms with Crippen molar-refractivity contribution < 1.29 is 8.42 Å². The Morgan fingerprint density at radius 2 is 1.33 bits per heavy atom. The van der Waals surface area contributed by atoms with Gasteiger partial charge in [-0.2, -0.15) is 0 Å². The summed E-state index contributed by atoms with van der Waals surface area (Å²) in [6, 6.07) is 16.8. The zero-order valence-electron chi connectivity index (χ0n) is 13.4. The first kappa shape index (κ1) is 16.6. The van der Waals surface area contributed by atoms with Gasteiger partial charge in [-0.25, -0.2) is 8.42 Å². The van der Waals surface area contributed by atoms with Crippen LogP contribution >= 0.6 is 12.2 Å². The molecule has 0 saturated carbocycles. The van der Waals surface area contributed by atoms with Gasteiger partial charge in [0, 0.05) is 36.8 Å². The maximum Gasteiger partial charge on any atom is 0.175 e. The van der Waals surface area contributed by atoms with Crippen molar-refractivity contribution in [2.75, 3.05) is 6.26 Å². The Morgan fingerprint density at radius 3 is 1.83 bits per heavy atom. The average Bonchev–Trinajstić information content (AvgIpc) is 2.57. The van der Waals surface area contributed by atoms with E-state index in [1.165, 1.54) is 6.26 Å². The zero-order valence-corrected chi connectivity index (χ0v) is 15.1. The van der Waals surface area contributed by atoms with Gasteiger partial charge >= 0.3 is 0 Å². The first-order valence-electron chi connectivity index (χ1n) is 7.42. The van der Waals surface area contributed by atoms with E-state index >= 15 is 0 Å². The number of nitrogens with zero attached hydrogens (tertiary/aromatic N) is 1. The third kappa shape index (κ3) is 3.32. The van der Waals surface area contributed by atoms with Gasteiger partial charge in [-0.15, -0.1) is 0 Å². The van der Waals surface area contributed by atoms with Crippen molar-refractivity contribution in [2.24, 2.45) is 7.05 Å². The lowest BCUT2D eigenvalue weighted by Crippen LogP contribution is -1.97. The molecule has 2 aromatic carbocycles. The fourth-order valence-corrected chi connectivity index (χ4v) is 3.59. The summed E-state index contributed by atoms with van der Waals surface area (Å²) in [4.78, 5) is 0.306. The van der Waals surface area contributed by atoms with E-state index in [4.69, 9.17) is 12.2 Å². The maximum absolute atomic E-state index is 11.6. The summed E-state index contributed by atoms with van der Waals surface area (Å²) in [6.07, 6.45) is 5.17. The molecule has 0 atom stereocenters. The smallest absolute Gasteiger partial charge is 0.175 e. The Hall–Kier alpha value is -2.24. The van der Waals surface area contributed by atoms with Crippen molar-refractivity contribution in [1.82, 2.24) is 4.57 Å². The van der Waals surface area contributed by atoms with E-state index in [0.29, 0.717) is 4.90 Å². The molecule has 0 bridgehead atoms. The summed E-state index contributed by atoms with van der Waals surface area (Å²) in [6.45, 7) is 0. The predicted octanol–water partition coefficient (Wildman–Crippen LogP) is 4.49. The molecule has 0 aliphatic heterocycles. The van der Waals surface area contributed by atoms with Crippen LogP contribution in [0, 0.1) is 4.51 Å². The molecule has 3 rings (SSSR count). The van der Waals surface area contributed by atoms with Gasteiger partial charge in [0.2, 0.25) is 0 Å². The summed E-state index contributed by atoms with van der Waals surface area (Å²) in [5, 5.41) is 0. The molecule has 0 unspecified atom stereocenters. The Labute approximate surface area is 147 Å². The summed E-state index contributed by atoms with van der Waals surface area (Å²) in [7, 11) is -1.25. The van der Waals surface area contributed by atoms with Crippen LogP contribution in [0.1, 0.15) is 0 Å². The molecule has 0 amide bonds. The van der Waals surface area contributed by atoms with Crippen molar-refractivity contribution in [1.29, 1.82) is 0 Å². The standard InChI is InChI=1S/C19H17NO2S2/c1-20-12-17(14-6-4-3-5-7-14)19(23)18(13-20)15-8-10-16(11-9-15)24(2,21)22/h3-13H,1-2H3. The fraction of sp³-hybridized carbons (Fsp3) is 0.105. The molecule has 3 nitrogen and oxygen atoms in total. The monoisotopic (exact) mass is 355 g/mol. The molecule has 0 fully saturated rings. The largest absolute Gasteiger partial charge is 0.356 e. The summed E-state index contributed by atoms with van der Waals surface area (Å²) >= 11 is 5.69. The highest BCUT2D eigenvalue weighted by Gasteiger charge is 2.10. The van der Waals surface area contributed by atoms with E-state index in [1.54, 1.807) is 24.3 Å². The molecule has 0 saturated heterocycles. The lowest BCUT2D eigenvalue weighted by atomic mass is 10.0. The molecule has 0 radical (unpaired) electrons. The van der Waals surface area contributed by atoms with Gasteiger partial charge in [0.25, 0.3) is 0 Å². The molecular weight excluding hydrogens is 338 g/mol. The van der Waals surface area contributed by atoms with Gasteiger partial charge in [-0.1, -0.05) is 54.7 Å². The minimum atomic E-state index is -3.20. The number of hydrogen-bond donors (Lipinski definition) is 0. The van der Waals surface area contributed by atoms with E-state index in [2.05, 4.69) is 0 Å². The minimum absolute atomic E-state index is 0.306. The van der Waals surface area contributed by atoms with Crippen molar-refractivity contribution in [2.45, 2.75) is 4.90 Å². The Bertz CT molecular complexity index is 1030. The first-order valence-corrected chi connectivity index (χ1v) is 9.72. The first-order chi connectivity index (χ1) is 11.4. The second-order valence-corrected chi connectivity index (χ2v) is 8.17. The summed E-state index contributed by atoms with van der Waals surface area (Å²) in [5.41, 5.74) is 3.86. The highest BCUT2D eigenvalue weighted by molar-refractivity contribution is 7.90. The molecule has 0 spiro atoms. The number of aromatic nitrogens is 1. The van der Waals surface area contributed by atoms with E-state index < -0.39 is 9.84 Å². The molecular formula is C19H17NO2S2. The predicted molar refractivity (Wildman–Crippen MR) is 100 cm³/mol. The third-order valence-corrected chi connectivity index (χ3v) is 5.40. The van der Waals surface area contributed by atoms with Gasteiger partial charge in [-0.05, 0) is 23.3 Å². The molecule has 24 heavy (non-hydrogen) atoms. The lowest BCUT2D eigenvalue weighted by molar-refractivity contribution is 0.602. The Balaban J connectivity index is 2.16. The quantitative estimate of drug-likeness (QED) is 0.650. The summed E-state index contributed by atoms with van der Waals surface area (Å²) < 4.78 is 26.0. The molecule has 3 aromatic rings. The number of hydrogen-bond acceptors (Lipinski definition) is 3. The highest BCUT2D eigenvalue weighted by Crippen LogP contribution is 2.29. The van der Waals surface area contributed by atoms with Crippen LogP contribution in [0.15, 0.2) is 71.9 Å². The topological polar surface area (TPSA) is 39.1 Å². The Kier molecular flexibility index (Phi) is 4.39.